The van der Waals surface area contributed by atoms with Crippen molar-refractivity contribution >= 4 is 27.1 Å². The maximum absolute atomic E-state index is 12.6. The molecule has 0 aliphatic rings. The largest absolute Gasteiger partial charge is 0.390 e. The predicted molar refractivity (Wildman–Crippen MR) is 101 cm³/mol. The lowest BCUT2D eigenvalue weighted by atomic mass is 10.3. The standard InChI is InChI=1S/C17H20F3N5O3S/c1-3-24(15-10-25(23-12(15)2)13-5-4-7-22-9-13)16(26)14(21)11-29(27,28)8-6-17(18,19)20/h4-5,7,9-10,21H,3,6,8,11H2,1-2H3. The van der Waals surface area contributed by atoms with Gasteiger partial charge in [0, 0.05) is 12.7 Å². The van der Waals surface area contributed by atoms with Crippen LogP contribution in [0.2, 0.25) is 0 Å². The highest BCUT2D eigenvalue weighted by Crippen LogP contribution is 2.22. The fourth-order valence-corrected chi connectivity index (χ4v) is 3.80. The van der Waals surface area contributed by atoms with Gasteiger partial charge in [-0.25, -0.2) is 13.1 Å². The molecule has 2 rings (SSSR count). The normalized spacial score (nSPS) is 12.0. The SMILES string of the molecule is CCN(C(=O)C(=N)CS(=O)(=O)CCC(F)(F)F)c1cn(-c2cccnc2)nc1C. The van der Waals surface area contributed by atoms with Gasteiger partial charge in [0.1, 0.15) is 5.71 Å². The average Bonchev–Trinajstić information content (AvgIpc) is 3.02. The van der Waals surface area contributed by atoms with Gasteiger partial charge in [-0.2, -0.15) is 18.3 Å². The Kier molecular flexibility index (Phi) is 6.77. The topological polar surface area (TPSA) is 109 Å². The van der Waals surface area contributed by atoms with Crippen LogP contribution in [0.4, 0.5) is 18.9 Å². The molecular weight excluding hydrogens is 411 g/mol. The number of carbonyl (C=O) groups excluding carboxylic acids is 1. The molecule has 1 amide bonds. The summed E-state index contributed by atoms with van der Waals surface area (Å²) >= 11 is 0. The summed E-state index contributed by atoms with van der Waals surface area (Å²) in [7, 11) is -4.25. The number of pyridine rings is 1. The number of carbonyl (C=O) groups is 1. The summed E-state index contributed by atoms with van der Waals surface area (Å²) in [5, 5.41) is 12.1. The number of aromatic nitrogens is 3. The van der Waals surface area contributed by atoms with Crippen molar-refractivity contribution in [2.45, 2.75) is 26.4 Å². The van der Waals surface area contributed by atoms with Crippen molar-refractivity contribution in [2.24, 2.45) is 0 Å². The second kappa shape index (κ2) is 8.72. The summed E-state index contributed by atoms with van der Waals surface area (Å²) in [6, 6.07) is 3.45. The molecule has 2 aromatic heterocycles. The molecule has 0 radical (unpaired) electrons. The van der Waals surface area contributed by atoms with E-state index in [9.17, 15) is 26.4 Å². The van der Waals surface area contributed by atoms with E-state index in [2.05, 4.69) is 10.1 Å². The summed E-state index contributed by atoms with van der Waals surface area (Å²) in [6.45, 7) is 3.38. The van der Waals surface area contributed by atoms with E-state index in [-0.39, 0.29) is 6.54 Å². The van der Waals surface area contributed by atoms with Gasteiger partial charge in [-0.3, -0.25) is 15.2 Å². The number of amides is 1. The van der Waals surface area contributed by atoms with Gasteiger partial charge < -0.3 is 4.90 Å². The molecule has 0 aliphatic carbocycles. The molecule has 0 unspecified atom stereocenters. The lowest BCUT2D eigenvalue weighted by Crippen LogP contribution is -2.39. The minimum absolute atomic E-state index is 0.114. The zero-order valence-electron chi connectivity index (χ0n) is 15.8. The monoisotopic (exact) mass is 431 g/mol. The van der Waals surface area contributed by atoms with Crippen molar-refractivity contribution in [1.29, 1.82) is 5.41 Å². The first-order valence-corrected chi connectivity index (χ1v) is 10.4. The van der Waals surface area contributed by atoms with Crippen LogP contribution in [0.3, 0.4) is 0 Å². The molecule has 12 heteroatoms. The van der Waals surface area contributed by atoms with Gasteiger partial charge in [0.2, 0.25) is 0 Å². The highest BCUT2D eigenvalue weighted by atomic mass is 32.2. The van der Waals surface area contributed by atoms with Crippen LogP contribution in [0.25, 0.3) is 5.69 Å². The van der Waals surface area contributed by atoms with Crippen molar-refractivity contribution in [3.8, 4) is 5.69 Å². The molecule has 0 saturated heterocycles. The van der Waals surface area contributed by atoms with Crippen LogP contribution in [0.1, 0.15) is 19.0 Å². The van der Waals surface area contributed by atoms with E-state index < -0.39 is 45.6 Å². The third-order valence-corrected chi connectivity index (χ3v) is 5.51. The summed E-state index contributed by atoms with van der Waals surface area (Å²) in [5.74, 6) is -3.14. The smallest absolute Gasteiger partial charge is 0.304 e. The maximum atomic E-state index is 12.6. The fraction of sp³-hybridized carbons (Fsp3) is 0.412. The van der Waals surface area contributed by atoms with E-state index in [0.29, 0.717) is 17.1 Å². The number of anilines is 1. The number of aryl methyl sites for hydroxylation is 1. The molecular formula is C17H20F3N5O3S. The van der Waals surface area contributed by atoms with Crippen molar-refractivity contribution in [3.05, 3.63) is 36.4 Å². The number of rotatable bonds is 8. The number of sulfone groups is 1. The second-order valence-corrected chi connectivity index (χ2v) is 8.42. The summed E-state index contributed by atoms with van der Waals surface area (Å²) < 4.78 is 62.0. The Morgan fingerprint density at radius 1 is 1.34 bits per heavy atom. The van der Waals surface area contributed by atoms with E-state index in [1.807, 2.05) is 0 Å². The lowest BCUT2D eigenvalue weighted by molar-refractivity contribution is -0.129. The first kappa shape index (κ1) is 22.5. The molecule has 29 heavy (non-hydrogen) atoms. The highest BCUT2D eigenvalue weighted by molar-refractivity contribution is 7.92. The number of nitrogens with one attached hydrogen (secondary N) is 1. The number of hydrogen-bond donors (Lipinski definition) is 1. The van der Waals surface area contributed by atoms with Gasteiger partial charge in [-0.05, 0) is 26.0 Å². The Balaban J connectivity index is 2.18. The van der Waals surface area contributed by atoms with Gasteiger partial charge >= 0.3 is 6.18 Å². The molecule has 0 spiro atoms. The Labute approximate surface area is 165 Å². The third-order valence-electron chi connectivity index (χ3n) is 3.95. The predicted octanol–water partition coefficient (Wildman–Crippen LogP) is 2.32. The van der Waals surface area contributed by atoms with E-state index in [1.54, 1.807) is 44.6 Å². The number of hydrogen-bond acceptors (Lipinski definition) is 6. The molecule has 2 heterocycles. The first-order chi connectivity index (χ1) is 13.4. The van der Waals surface area contributed by atoms with Gasteiger partial charge in [0.05, 0.1) is 47.4 Å². The van der Waals surface area contributed by atoms with Crippen LogP contribution < -0.4 is 4.90 Å². The second-order valence-electron chi connectivity index (χ2n) is 6.24. The zero-order valence-corrected chi connectivity index (χ0v) is 16.6. The van der Waals surface area contributed by atoms with E-state index >= 15 is 0 Å². The van der Waals surface area contributed by atoms with Gasteiger partial charge in [0.25, 0.3) is 5.91 Å². The lowest BCUT2D eigenvalue weighted by Gasteiger charge is -2.20. The maximum Gasteiger partial charge on any atom is 0.390 e. The van der Waals surface area contributed by atoms with Gasteiger partial charge in [0.15, 0.2) is 9.84 Å². The molecule has 0 fully saturated rings. The van der Waals surface area contributed by atoms with Crippen LogP contribution >= 0.6 is 0 Å². The Hall–Kier alpha value is -2.76. The Bertz CT molecular complexity index is 987. The molecule has 8 nitrogen and oxygen atoms in total. The van der Waals surface area contributed by atoms with Gasteiger partial charge in [-0.15, -0.1) is 0 Å². The van der Waals surface area contributed by atoms with Crippen LogP contribution in [0.15, 0.2) is 30.7 Å². The van der Waals surface area contributed by atoms with E-state index in [1.165, 1.54) is 4.68 Å². The molecule has 1 N–H and O–H groups in total. The van der Waals surface area contributed by atoms with Crippen LogP contribution in [-0.2, 0) is 14.6 Å². The number of alkyl halides is 3. The summed E-state index contributed by atoms with van der Waals surface area (Å²) in [6.07, 6.45) is -1.47. The quantitative estimate of drug-likeness (QED) is 0.645. The van der Waals surface area contributed by atoms with Crippen molar-refractivity contribution < 1.29 is 26.4 Å². The molecule has 2 aromatic rings. The molecule has 0 bridgehead atoms. The van der Waals surface area contributed by atoms with Gasteiger partial charge in [-0.1, -0.05) is 0 Å². The number of halogens is 3. The molecule has 0 atom stereocenters. The molecule has 0 aliphatic heterocycles. The van der Waals surface area contributed by atoms with Crippen molar-refractivity contribution in [2.75, 3.05) is 23.0 Å². The summed E-state index contributed by atoms with van der Waals surface area (Å²) in [5.41, 5.74) is 0.647. The van der Waals surface area contributed by atoms with E-state index in [4.69, 9.17) is 5.41 Å². The third kappa shape index (κ3) is 6.11. The van der Waals surface area contributed by atoms with E-state index in [0.717, 1.165) is 4.90 Å². The van der Waals surface area contributed by atoms with Crippen LogP contribution in [-0.4, -0.2) is 59.0 Å². The van der Waals surface area contributed by atoms with Crippen LogP contribution in [0.5, 0.6) is 0 Å². The summed E-state index contributed by atoms with van der Waals surface area (Å²) in [4.78, 5) is 17.8. The minimum atomic E-state index is -4.63. The van der Waals surface area contributed by atoms with Crippen molar-refractivity contribution in [3.63, 3.8) is 0 Å². The van der Waals surface area contributed by atoms with Crippen molar-refractivity contribution in [1.82, 2.24) is 14.8 Å². The molecule has 0 aromatic carbocycles. The molecule has 0 saturated carbocycles. The zero-order chi connectivity index (χ0) is 21.8. The molecule has 158 valence electrons. The first-order valence-electron chi connectivity index (χ1n) is 8.56. The number of nitrogens with zero attached hydrogens (tertiary/aromatic N) is 4. The average molecular weight is 431 g/mol. The fourth-order valence-electron chi connectivity index (χ4n) is 2.55. The highest BCUT2D eigenvalue weighted by Gasteiger charge is 2.32. The Morgan fingerprint density at radius 3 is 2.59 bits per heavy atom. The van der Waals surface area contributed by atoms with Crippen LogP contribution in [0, 0.1) is 12.3 Å². The minimum Gasteiger partial charge on any atom is -0.304 e. The Morgan fingerprint density at radius 2 is 2.03 bits per heavy atom.